The highest BCUT2D eigenvalue weighted by Gasteiger charge is 2.51. The molecule has 3 atom stereocenters. The molecule has 214 valence electrons. The molecule has 0 spiro atoms. The number of carbonyl (C=O) groups excluding carboxylic acids is 1. The van der Waals surface area contributed by atoms with Crippen LogP contribution in [0.2, 0.25) is 0 Å². The van der Waals surface area contributed by atoms with Crippen molar-refractivity contribution in [2.24, 2.45) is 10.7 Å². The second-order valence-electron chi connectivity index (χ2n) is 9.77. The number of aliphatic imine (C=N–C) groups is 1. The highest BCUT2D eigenvalue weighted by molar-refractivity contribution is 5.95. The first-order valence-electron chi connectivity index (χ1n) is 12.7. The van der Waals surface area contributed by atoms with Crippen molar-refractivity contribution < 1.29 is 31.9 Å². The summed E-state index contributed by atoms with van der Waals surface area (Å²) in [6.45, 7) is 3.62. The van der Waals surface area contributed by atoms with Crippen molar-refractivity contribution in [3.8, 4) is 0 Å². The van der Waals surface area contributed by atoms with Gasteiger partial charge in [0.15, 0.2) is 0 Å². The number of aliphatic hydroxyl groups is 1. The van der Waals surface area contributed by atoms with Crippen molar-refractivity contribution in [2.75, 3.05) is 6.54 Å². The third-order valence-corrected chi connectivity index (χ3v) is 6.72. The first kappa shape index (κ1) is 29.4. The Hall–Kier alpha value is -3.61. The molecule has 2 heterocycles. The van der Waals surface area contributed by atoms with E-state index in [1.54, 1.807) is 0 Å². The number of aliphatic hydroxyl groups excluding tert-OH is 1. The van der Waals surface area contributed by atoms with Gasteiger partial charge in [0.25, 0.3) is 0 Å². The second kappa shape index (κ2) is 11.9. The van der Waals surface area contributed by atoms with E-state index >= 15 is 0 Å². The zero-order chi connectivity index (χ0) is 29.2. The highest BCUT2D eigenvalue weighted by atomic mass is 19.4. The first-order valence-corrected chi connectivity index (χ1v) is 12.7. The molecular formula is C28H30F5N5O2. The van der Waals surface area contributed by atoms with Crippen molar-refractivity contribution in [3.05, 3.63) is 94.5 Å². The molecule has 7 nitrogen and oxygen atoms in total. The molecule has 2 aliphatic rings. The van der Waals surface area contributed by atoms with Gasteiger partial charge >= 0.3 is 6.18 Å². The van der Waals surface area contributed by atoms with Gasteiger partial charge in [0.05, 0.1) is 12.1 Å². The van der Waals surface area contributed by atoms with Gasteiger partial charge in [-0.3, -0.25) is 9.80 Å². The Morgan fingerprint density at radius 3 is 2.42 bits per heavy atom. The van der Waals surface area contributed by atoms with E-state index in [2.05, 4.69) is 10.3 Å². The quantitative estimate of drug-likeness (QED) is 0.383. The molecule has 0 radical (unpaired) electrons. The van der Waals surface area contributed by atoms with Crippen LogP contribution < -0.4 is 11.1 Å². The van der Waals surface area contributed by atoms with Crippen LogP contribution in [-0.4, -0.2) is 57.7 Å². The predicted octanol–water partition coefficient (Wildman–Crippen LogP) is 3.74. The number of nitrogens with zero attached hydrogens (tertiary/aromatic N) is 3. The number of allylic oxidation sites excluding steroid dienone is 2. The number of rotatable bonds is 10. The largest absolute Gasteiger partial charge is 0.433 e. The molecule has 2 aromatic carbocycles. The Labute approximate surface area is 228 Å². The number of nitrogens with two attached hydrogens (primary N) is 1. The maximum atomic E-state index is 14.2. The minimum Gasteiger partial charge on any atom is -0.390 e. The number of alkyl halides is 3. The van der Waals surface area contributed by atoms with Gasteiger partial charge in [-0.1, -0.05) is 31.2 Å². The van der Waals surface area contributed by atoms with Crippen LogP contribution in [0.25, 0.3) is 0 Å². The standard InChI is InChI=1S/C28H30F5N5O2/c1-3-17-5-4-6-18(8-17)14-35-15-24(39)22(11-19-9-20(29)12-21(30)10-19)37-23(27(34)40)13-26-36-16(2)7-25(38(26)37)28(31,32)33/h4-10,12-13,22-24,35,39H,3,11,14-15H2,1-2H3,(H2,34,40)/t22-,23?,24+/m0/s1. The van der Waals surface area contributed by atoms with Crippen LogP contribution in [-0.2, 0) is 24.2 Å². The van der Waals surface area contributed by atoms with Crippen LogP contribution in [0, 0.1) is 11.6 Å². The Kier molecular flexibility index (Phi) is 8.71. The number of benzene rings is 2. The van der Waals surface area contributed by atoms with E-state index in [1.807, 2.05) is 31.2 Å². The first-order chi connectivity index (χ1) is 18.9. The number of primary amides is 1. The summed E-state index contributed by atoms with van der Waals surface area (Å²) < 4.78 is 70.7. The molecule has 0 fully saturated rings. The number of hydrazine groups is 1. The van der Waals surface area contributed by atoms with Crippen LogP contribution in [0.15, 0.2) is 71.1 Å². The lowest BCUT2D eigenvalue weighted by molar-refractivity contribution is -0.154. The Morgan fingerprint density at radius 1 is 1.12 bits per heavy atom. The van der Waals surface area contributed by atoms with Crippen LogP contribution in [0.4, 0.5) is 22.0 Å². The maximum Gasteiger partial charge on any atom is 0.433 e. The third kappa shape index (κ3) is 6.57. The summed E-state index contributed by atoms with van der Waals surface area (Å²) in [7, 11) is 0. The number of halogens is 5. The predicted molar refractivity (Wildman–Crippen MR) is 139 cm³/mol. The molecule has 4 rings (SSSR count). The molecule has 12 heteroatoms. The van der Waals surface area contributed by atoms with Crippen molar-refractivity contribution in [1.82, 2.24) is 15.3 Å². The van der Waals surface area contributed by atoms with E-state index in [9.17, 15) is 31.9 Å². The van der Waals surface area contributed by atoms with Crippen molar-refractivity contribution in [3.63, 3.8) is 0 Å². The minimum absolute atomic E-state index is 0.0557. The smallest absolute Gasteiger partial charge is 0.390 e. The van der Waals surface area contributed by atoms with E-state index in [4.69, 9.17) is 5.73 Å². The van der Waals surface area contributed by atoms with Crippen LogP contribution in [0.5, 0.6) is 0 Å². The molecule has 2 aromatic rings. The summed E-state index contributed by atoms with van der Waals surface area (Å²) in [5.41, 5.74) is 6.63. The lowest BCUT2D eigenvalue weighted by Gasteiger charge is -2.43. The van der Waals surface area contributed by atoms with Gasteiger partial charge < -0.3 is 16.2 Å². The van der Waals surface area contributed by atoms with E-state index in [0.29, 0.717) is 17.6 Å². The number of hydrogen-bond donors (Lipinski definition) is 3. The highest BCUT2D eigenvalue weighted by Crippen LogP contribution is 2.41. The van der Waals surface area contributed by atoms with Gasteiger partial charge in [0.2, 0.25) is 5.91 Å². The number of nitrogens with one attached hydrogen (secondary N) is 1. The molecule has 0 aromatic heterocycles. The van der Waals surface area contributed by atoms with Gasteiger partial charge in [0.1, 0.15) is 29.2 Å². The summed E-state index contributed by atoms with van der Waals surface area (Å²) in [5.74, 6) is -2.96. The van der Waals surface area contributed by atoms with E-state index in [0.717, 1.165) is 40.8 Å². The molecular weight excluding hydrogens is 533 g/mol. The maximum absolute atomic E-state index is 14.2. The van der Waals surface area contributed by atoms with E-state index in [-0.39, 0.29) is 30.1 Å². The molecule has 0 aliphatic carbocycles. The molecule has 0 saturated carbocycles. The molecule has 2 aliphatic heterocycles. The van der Waals surface area contributed by atoms with Crippen LogP contribution in [0.1, 0.15) is 30.5 Å². The van der Waals surface area contributed by atoms with Gasteiger partial charge in [0, 0.05) is 24.9 Å². The summed E-state index contributed by atoms with van der Waals surface area (Å²) in [5, 5.41) is 16.1. The van der Waals surface area contributed by atoms with Crippen LogP contribution in [0.3, 0.4) is 0 Å². The Balaban J connectivity index is 1.69. The van der Waals surface area contributed by atoms with Gasteiger partial charge in [-0.25, -0.2) is 13.8 Å². The number of amides is 1. The summed E-state index contributed by atoms with van der Waals surface area (Å²) in [6.07, 6.45) is -3.74. The van der Waals surface area contributed by atoms with Crippen molar-refractivity contribution >= 4 is 11.6 Å². The molecule has 40 heavy (non-hydrogen) atoms. The number of carbonyl (C=O) groups is 1. The van der Waals surface area contributed by atoms with Crippen LogP contribution >= 0.6 is 0 Å². The van der Waals surface area contributed by atoms with E-state index in [1.165, 1.54) is 13.0 Å². The fraction of sp³-hybridized carbons (Fsp3) is 0.357. The normalized spacial score (nSPS) is 19.1. The zero-order valence-corrected chi connectivity index (χ0v) is 21.9. The molecule has 4 N–H and O–H groups in total. The molecule has 1 amide bonds. The monoisotopic (exact) mass is 563 g/mol. The summed E-state index contributed by atoms with van der Waals surface area (Å²) in [4.78, 5) is 16.6. The molecule has 0 bridgehead atoms. The Bertz CT molecular complexity index is 1340. The lowest BCUT2D eigenvalue weighted by atomic mass is 9.98. The summed E-state index contributed by atoms with van der Waals surface area (Å²) >= 11 is 0. The number of hydrogen-bond acceptors (Lipinski definition) is 6. The Morgan fingerprint density at radius 2 is 1.80 bits per heavy atom. The number of aryl methyl sites for hydroxylation is 1. The van der Waals surface area contributed by atoms with Gasteiger partial charge in [-0.15, -0.1) is 0 Å². The topological polar surface area (TPSA) is 94.2 Å². The fourth-order valence-electron chi connectivity index (χ4n) is 4.94. The third-order valence-electron chi connectivity index (χ3n) is 6.72. The number of fused-ring (bicyclic) bond motifs is 1. The fourth-order valence-corrected chi connectivity index (χ4v) is 4.94. The molecule has 0 saturated heterocycles. The average molecular weight is 564 g/mol. The van der Waals surface area contributed by atoms with Gasteiger partial charge in [-0.05, 0) is 60.7 Å². The summed E-state index contributed by atoms with van der Waals surface area (Å²) in [6, 6.07) is 7.76. The SMILES string of the molecule is CCc1cccc(CNC[C@@H](O)[C@H](Cc2cc(F)cc(F)c2)N2C(C(N)=O)C=C3N=C(C)C=C(C(F)(F)F)N32)c1. The van der Waals surface area contributed by atoms with Crippen molar-refractivity contribution in [1.29, 1.82) is 0 Å². The second-order valence-corrected chi connectivity index (χ2v) is 9.77. The molecule has 1 unspecified atom stereocenters. The minimum atomic E-state index is -4.86. The average Bonchev–Trinajstić information content (AvgIpc) is 3.24. The lowest BCUT2D eigenvalue weighted by Crippen LogP contribution is -2.59. The van der Waals surface area contributed by atoms with E-state index < -0.39 is 47.6 Å². The zero-order valence-electron chi connectivity index (χ0n) is 21.9. The van der Waals surface area contributed by atoms with Crippen molar-refractivity contribution in [2.45, 2.75) is 57.6 Å². The van der Waals surface area contributed by atoms with Gasteiger partial charge in [-0.2, -0.15) is 18.2 Å².